The second-order valence-electron chi connectivity index (χ2n) is 7.23. The van der Waals surface area contributed by atoms with Crippen LogP contribution in [0.4, 0.5) is 0 Å². The zero-order chi connectivity index (χ0) is 18.9. The van der Waals surface area contributed by atoms with E-state index in [9.17, 15) is 0 Å². The third-order valence-electron chi connectivity index (χ3n) is 5.31. The molecule has 0 radical (unpaired) electrons. The highest BCUT2D eigenvalue weighted by Crippen LogP contribution is 2.18. The van der Waals surface area contributed by atoms with Crippen molar-refractivity contribution in [1.29, 1.82) is 0 Å². The molecule has 1 saturated heterocycles. The number of hydrogen-bond donors (Lipinski definition) is 3. The van der Waals surface area contributed by atoms with Crippen molar-refractivity contribution in [3.05, 3.63) is 30.1 Å². The molecule has 1 atom stereocenters. The van der Waals surface area contributed by atoms with Crippen LogP contribution in [-0.2, 0) is 6.42 Å². The van der Waals surface area contributed by atoms with Gasteiger partial charge in [-0.25, -0.2) is 4.98 Å². The minimum Gasteiger partial charge on any atom is -0.357 e. The Kier molecular flexibility index (Phi) is 7.51. The van der Waals surface area contributed by atoms with E-state index >= 15 is 0 Å². The molecule has 0 amide bonds. The number of rotatable bonds is 8. The monoisotopic (exact) mass is 370 g/mol. The summed E-state index contributed by atoms with van der Waals surface area (Å²) in [5, 5.41) is 6.78. The maximum Gasteiger partial charge on any atom is 0.191 e. The van der Waals surface area contributed by atoms with Crippen LogP contribution in [0.3, 0.4) is 0 Å². The number of aromatic amines is 1. The van der Waals surface area contributed by atoms with Crippen molar-refractivity contribution in [2.45, 2.75) is 52.0 Å². The van der Waals surface area contributed by atoms with Crippen molar-refractivity contribution in [3.63, 3.8) is 0 Å². The summed E-state index contributed by atoms with van der Waals surface area (Å²) in [6.07, 6.45) is 6.15. The molecule has 1 aliphatic rings. The van der Waals surface area contributed by atoms with E-state index in [2.05, 4.69) is 45.4 Å². The molecule has 0 aliphatic carbocycles. The van der Waals surface area contributed by atoms with Gasteiger partial charge in [-0.05, 0) is 44.9 Å². The zero-order valence-electron chi connectivity index (χ0n) is 16.8. The van der Waals surface area contributed by atoms with Gasteiger partial charge in [-0.15, -0.1) is 0 Å². The Bertz CT molecular complexity index is 689. The lowest BCUT2D eigenvalue weighted by Crippen LogP contribution is -2.42. The number of aromatic nitrogens is 2. The number of aliphatic imine (C=N–C) groups is 1. The highest BCUT2D eigenvalue weighted by atomic mass is 15.2. The minimum atomic E-state index is 0.748. The third-order valence-corrected chi connectivity index (χ3v) is 5.31. The number of likely N-dealkylation sites (tertiary alicyclic amines) is 1. The SMILES string of the molecule is CCNC(=NCCN1CCCCC1CC)NCCc1nc2ccccc2[nH]1. The number of nitrogens with one attached hydrogen (secondary N) is 3. The van der Waals surface area contributed by atoms with Crippen molar-refractivity contribution in [2.75, 3.05) is 32.7 Å². The Hall–Kier alpha value is -2.08. The molecule has 0 bridgehead atoms. The van der Waals surface area contributed by atoms with Crippen LogP contribution in [0.2, 0.25) is 0 Å². The van der Waals surface area contributed by atoms with Crippen LogP contribution >= 0.6 is 0 Å². The van der Waals surface area contributed by atoms with Crippen LogP contribution in [0.5, 0.6) is 0 Å². The quantitative estimate of drug-likeness (QED) is 0.494. The van der Waals surface area contributed by atoms with Crippen molar-refractivity contribution in [1.82, 2.24) is 25.5 Å². The maximum atomic E-state index is 4.77. The fraction of sp³-hybridized carbons (Fsp3) is 0.619. The normalized spacial score (nSPS) is 18.7. The van der Waals surface area contributed by atoms with Crippen LogP contribution in [-0.4, -0.2) is 59.6 Å². The molecular weight excluding hydrogens is 336 g/mol. The standard InChI is InChI=1S/C21H34N6/c1-3-17-9-7-8-15-27(17)16-14-24-21(22-4-2)23-13-12-20-25-18-10-5-6-11-19(18)26-20/h5-6,10-11,17H,3-4,7-9,12-16H2,1-2H3,(H,25,26)(H2,22,23,24). The molecule has 2 aromatic rings. The number of nitrogens with zero attached hydrogens (tertiary/aromatic N) is 3. The molecule has 1 aromatic carbocycles. The predicted octanol–water partition coefficient (Wildman–Crippen LogP) is 2.92. The Morgan fingerprint density at radius 1 is 1.26 bits per heavy atom. The Labute approximate surface area is 162 Å². The lowest BCUT2D eigenvalue weighted by Gasteiger charge is -2.34. The van der Waals surface area contributed by atoms with Crippen LogP contribution in [0, 0.1) is 0 Å². The number of hydrogen-bond acceptors (Lipinski definition) is 3. The molecule has 1 fully saturated rings. The van der Waals surface area contributed by atoms with Crippen LogP contribution in [0.1, 0.15) is 45.4 Å². The van der Waals surface area contributed by atoms with Crippen molar-refractivity contribution < 1.29 is 0 Å². The smallest absolute Gasteiger partial charge is 0.191 e. The van der Waals surface area contributed by atoms with Gasteiger partial charge in [-0.2, -0.15) is 0 Å². The Morgan fingerprint density at radius 3 is 2.96 bits per heavy atom. The van der Waals surface area contributed by atoms with E-state index in [0.29, 0.717) is 0 Å². The van der Waals surface area contributed by atoms with Gasteiger partial charge >= 0.3 is 0 Å². The summed E-state index contributed by atoms with van der Waals surface area (Å²) in [5.41, 5.74) is 2.13. The largest absolute Gasteiger partial charge is 0.357 e. The average molecular weight is 371 g/mol. The summed E-state index contributed by atoms with van der Waals surface area (Å²) in [6.45, 7) is 9.22. The fourth-order valence-corrected chi connectivity index (χ4v) is 3.87. The van der Waals surface area contributed by atoms with Gasteiger partial charge in [-0.3, -0.25) is 9.89 Å². The number of fused-ring (bicyclic) bond motifs is 1. The molecule has 2 heterocycles. The van der Waals surface area contributed by atoms with Gasteiger partial charge in [0.15, 0.2) is 5.96 Å². The van der Waals surface area contributed by atoms with E-state index in [4.69, 9.17) is 4.99 Å². The second kappa shape index (κ2) is 10.3. The number of para-hydroxylation sites is 2. The summed E-state index contributed by atoms with van der Waals surface area (Å²) in [6, 6.07) is 8.90. The number of guanidine groups is 1. The number of piperidine rings is 1. The van der Waals surface area contributed by atoms with Crippen LogP contribution in [0.25, 0.3) is 11.0 Å². The Balaban J connectivity index is 1.46. The molecule has 6 heteroatoms. The highest BCUT2D eigenvalue weighted by molar-refractivity contribution is 5.79. The summed E-state index contributed by atoms with van der Waals surface area (Å²) in [4.78, 5) is 15.4. The first-order chi connectivity index (χ1) is 13.3. The molecule has 27 heavy (non-hydrogen) atoms. The summed E-state index contributed by atoms with van der Waals surface area (Å²) < 4.78 is 0. The lowest BCUT2D eigenvalue weighted by atomic mass is 10.0. The molecule has 1 aromatic heterocycles. The number of benzene rings is 1. The second-order valence-corrected chi connectivity index (χ2v) is 7.23. The topological polar surface area (TPSA) is 68.3 Å². The highest BCUT2D eigenvalue weighted by Gasteiger charge is 2.19. The first-order valence-electron chi connectivity index (χ1n) is 10.5. The number of H-pyrrole nitrogens is 1. The van der Waals surface area contributed by atoms with E-state index in [1.54, 1.807) is 0 Å². The van der Waals surface area contributed by atoms with Gasteiger partial charge in [0.1, 0.15) is 5.82 Å². The van der Waals surface area contributed by atoms with Gasteiger partial charge in [0.25, 0.3) is 0 Å². The van der Waals surface area contributed by atoms with E-state index in [-0.39, 0.29) is 0 Å². The minimum absolute atomic E-state index is 0.748. The van der Waals surface area contributed by atoms with Gasteiger partial charge in [0.2, 0.25) is 0 Å². The van der Waals surface area contributed by atoms with Crippen LogP contribution < -0.4 is 10.6 Å². The first kappa shape index (κ1) is 19.7. The lowest BCUT2D eigenvalue weighted by molar-refractivity contribution is 0.148. The van der Waals surface area contributed by atoms with Gasteiger partial charge in [0, 0.05) is 32.1 Å². The van der Waals surface area contributed by atoms with Crippen molar-refractivity contribution in [2.24, 2.45) is 4.99 Å². The third kappa shape index (κ3) is 5.70. The molecule has 0 spiro atoms. The molecule has 3 N–H and O–H groups in total. The molecular formula is C21H34N6. The fourth-order valence-electron chi connectivity index (χ4n) is 3.87. The molecule has 3 rings (SSSR count). The average Bonchev–Trinajstić information content (AvgIpc) is 3.11. The molecule has 148 valence electrons. The zero-order valence-corrected chi connectivity index (χ0v) is 16.8. The van der Waals surface area contributed by atoms with Gasteiger partial charge < -0.3 is 15.6 Å². The molecule has 1 unspecified atom stereocenters. The van der Waals surface area contributed by atoms with Crippen LogP contribution in [0.15, 0.2) is 29.3 Å². The van der Waals surface area contributed by atoms with Gasteiger partial charge in [-0.1, -0.05) is 25.5 Å². The summed E-state index contributed by atoms with van der Waals surface area (Å²) in [7, 11) is 0. The van der Waals surface area contributed by atoms with Gasteiger partial charge in [0.05, 0.1) is 17.6 Å². The van der Waals surface area contributed by atoms with Crippen molar-refractivity contribution in [3.8, 4) is 0 Å². The van der Waals surface area contributed by atoms with E-state index < -0.39 is 0 Å². The number of imidazole rings is 1. The Morgan fingerprint density at radius 2 is 2.15 bits per heavy atom. The maximum absolute atomic E-state index is 4.77. The van der Waals surface area contributed by atoms with E-state index in [0.717, 1.165) is 61.5 Å². The first-order valence-corrected chi connectivity index (χ1v) is 10.5. The van der Waals surface area contributed by atoms with E-state index in [1.165, 1.54) is 32.2 Å². The summed E-state index contributed by atoms with van der Waals surface area (Å²) in [5.74, 6) is 1.91. The molecule has 6 nitrogen and oxygen atoms in total. The van der Waals surface area contributed by atoms with E-state index in [1.807, 2.05) is 18.2 Å². The van der Waals surface area contributed by atoms with Crippen molar-refractivity contribution >= 4 is 17.0 Å². The predicted molar refractivity (Wildman–Crippen MR) is 113 cm³/mol. The summed E-state index contributed by atoms with van der Waals surface area (Å²) >= 11 is 0. The molecule has 1 aliphatic heterocycles. The molecule has 0 saturated carbocycles.